The zero-order valence-electron chi connectivity index (χ0n) is 12.6. The molecule has 2 N–H and O–H groups in total. The third kappa shape index (κ3) is 7.06. The van der Waals surface area contributed by atoms with Crippen LogP contribution in [0.3, 0.4) is 0 Å². The number of carbonyl (C=O) groups excluding carboxylic acids is 1. The largest absolute Gasteiger partial charge is 0.497 e. The molecule has 0 aliphatic heterocycles. The van der Waals surface area contributed by atoms with E-state index in [1.807, 2.05) is 13.8 Å². The van der Waals surface area contributed by atoms with Crippen LogP contribution in [0.1, 0.15) is 30.6 Å². The van der Waals surface area contributed by atoms with Crippen LogP contribution >= 0.6 is 12.2 Å². The van der Waals surface area contributed by atoms with Gasteiger partial charge in [-0.2, -0.15) is 0 Å². The van der Waals surface area contributed by atoms with Gasteiger partial charge in [-0.1, -0.05) is 6.07 Å². The van der Waals surface area contributed by atoms with Gasteiger partial charge in [-0.05, 0) is 50.7 Å². The first-order valence-electron chi connectivity index (χ1n) is 6.87. The normalized spacial score (nSPS) is 10.3. The van der Waals surface area contributed by atoms with Crippen molar-refractivity contribution in [3.63, 3.8) is 0 Å². The molecule has 0 radical (unpaired) electrons. The topological polar surface area (TPSA) is 59.6 Å². The van der Waals surface area contributed by atoms with E-state index in [9.17, 15) is 4.79 Å². The molecule has 5 nitrogen and oxygen atoms in total. The lowest BCUT2D eigenvalue weighted by Gasteiger charge is -2.11. The van der Waals surface area contributed by atoms with Crippen LogP contribution in [0, 0.1) is 0 Å². The number of thiocarbonyl (C=S) groups is 1. The summed E-state index contributed by atoms with van der Waals surface area (Å²) in [5.74, 6) is 0.372. The number of methoxy groups -OCH3 is 1. The van der Waals surface area contributed by atoms with E-state index in [1.54, 1.807) is 31.4 Å². The number of benzene rings is 1. The lowest BCUT2D eigenvalue weighted by molar-refractivity contribution is 0.0777. The van der Waals surface area contributed by atoms with E-state index in [-0.39, 0.29) is 12.0 Å². The van der Waals surface area contributed by atoms with Gasteiger partial charge >= 0.3 is 0 Å². The van der Waals surface area contributed by atoms with Crippen molar-refractivity contribution >= 4 is 23.2 Å². The summed E-state index contributed by atoms with van der Waals surface area (Å²) in [4.78, 5) is 12.0. The Labute approximate surface area is 131 Å². The first kappa shape index (κ1) is 17.4. The molecule has 0 saturated heterocycles. The molecular weight excluding hydrogens is 288 g/mol. The zero-order valence-corrected chi connectivity index (χ0v) is 13.5. The van der Waals surface area contributed by atoms with Crippen LogP contribution in [0.4, 0.5) is 0 Å². The van der Waals surface area contributed by atoms with Gasteiger partial charge in [-0.25, -0.2) is 0 Å². The molecule has 0 bridgehead atoms. The predicted molar refractivity (Wildman–Crippen MR) is 86.8 cm³/mol. The lowest BCUT2D eigenvalue weighted by atomic mass is 10.2. The first-order valence-corrected chi connectivity index (χ1v) is 7.28. The van der Waals surface area contributed by atoms with Crippen molar-refractivity contribution in [2.24, 2.45) is 0 Å². The Kier molecular flexibility index (Phi) is 7.71. The Morgan fingerprint density at radius 2 is 2.14 bits per heavy atom. The predicted octanol–water partition coefficient (Wildman–Crippen LogP) is 2.11. The second kappa shape index (κ2) is 9.31. The van der Waals surface area contributed by atoms with Crippen LogP contribution in [0.15, 0.2) is 24.3 Å². The van der Waals surface area contributed by atoms with Crippen molar-refractivity contribution in [3.05, 3.63) is 29.8 Å². The van der Waals surface area contributed by atoms with Gasteiger partial charge in [-0.15, -0.1) is 0 Å². The van der Waals surface area contributed by atoms with E-state index >= 15 is 0 Å². The maximum atomic E-state index is 12.0. The van der Waals surface area contributed by atoms with Crippen molar-refractivity contribution in [3.8, 4) is 5.75 Å². The van der Waals surface area contributed by atoms with E-state index in [4.69, 9.17) is 21.7 Å². The minimum Gasteiger partial charge on any atom is -0.497 e. The van der Waals surface area contributed by atoms with Gasteiger partial charge in [0.2, 0.25) is 0 Å². The molecule has 1 aromatic rings. The highest BCUT2D eigenvalue weighted by molar-refractivity contribution is 7.80. The molecule has 0 heterocycles. The fourth-order valence-corrected chi connectivity index (χ4v) is 1.77. The van der Waals surface area contributed by atoms with E-state index in [2.05, 4.69) is 10.6 Å². The monoisotopic (exact) mass is 310 g/mol. The fraction of sp³-hybridized carbons (Fsp3) is 0.467. The molecule has 1 aromatic carbocycles. The molecule has 0 unspecified atom stereocenters. The number of amides is 1. The Bertz CT molecular complexity index is 478. The van der Waals surface area contributed by atoms with E-state index in [1.165, 1.54) is 0 Å². The molecule has 0 saturated carbocycles. The lowest BCUT2D eigenvalue weighted by Crippen LogP contribution is -2.39. The second-order valence-corrected chi connectivity index (χ2v) is 5.12. The van der Waals surface area contributed by atoms with Gasteiger partial charge in [0.1, 0.15) is 5.75 Å². The highest BCUT2D eigenvalue weighted by atomic mass is 32.1. The van der Waals surface area contributed by atoms with Gasteiger partial charge in [-0.3, -0.25) is 10.1 Å². The zero-order chi connectivity index (χ0) is 15.7. The molecule has 1 amide bonds. The summed E-state index contributed by atoms with van der Waals surface area (Å²) in [7, 11) is 1.56. The molecule has 6 heteroatoms. The Morgan fingerprint density at radius 3 is 2.81 bits per heavy atom. The molecule has 0 fully saturated rings. The number of nitrogens with one attached hydrogen (secondary N) is 2. The van der Waals surface area contributed by atoms with Crippen molar-refractivity contribution in [2.75, 3.05) is 20.3 Å². The molecule has 0 aromatic heterocycles. The number of hydrogen-bond acceptors (Lipinski definition) is 4. The highest BCUT2D eigenvalue weighted by Crippen LogP contribution is 2.12. The van der Waals surface area contributed by atoms with Gasteiger partial charge in [0, 0.05) is 18.7 Å². The molecule has 0 aliphatic rings. The summed E-state index contributed by atoms with van der Waals surface area (Å²) in [6.45, 7) is 5.31. The number of hydrogen-bond donors (Lipinski definition) is 2. The van der Waals surface area contributed by atoms with Gasteiger partial charge < -0.3 is 14.8 Å². The summed E-state index contributed by atoms with van der Waals surface area (Å²) in [5, 5.41) is 5.92. The van der Waals surface area contributed by atoms with Crippen LogP contribution in [0.25, 0.3) is 0 Å². The SMILES string of the molecule is COc1cccc(C(=O)NC(=S)NCCCOC(C)C)c1. The summed E-state index contributed by atoms with van der Waals surface area (Å²) in [6.07, 6.45) is 1.05. The quantitative estimate of drug-likeness (QED) is 0.597. The maximum absolute atomic E-state index is 12.0. The second-order valence-electron chi connectivity index (χ2n) is 4.72. The smallest absolute Gasteiger partial charge is 0.257 e. The minimum atomic E-state index is -0.259. The molecule has 21 heavy (non-hydrogen) atoms. The van der Waals surface area contributed by atoms with Crippen molar-refractivity contribution in [1.29, 1.82) is 0 Å². The van der Waals surface area contributed by atoms with Crippen LogP contribution in [-0.4, -0.2) is 37.4 Å². The van der Waals surface area contributed by atoms with Gasteiger partial charge in [0.05, 0.1) is 13.2 Å². The van der Waals surface area contributed by atoms with Crippen molar-refractivity contribution in [2.45, 2.75) is 26.4 Å². The minimum absolute atomic E-state index is 0.227. The third-order valence-corrected chi connectivity index (χ3v) is 2.86. The maximum Gasteiger partial charge on any atom is 0.257 e. The number of ether oxygens (including phenoxy) is 2. The Balaban J connectivity index is 2.31. The highest BCUT2D eigenvalue weighted by Gasteiger charge is 2.08. The number of carbonyl (C=O) groups is 1. The van der Waals surface area contributed by atoms with Crippen LogP contribution in [0.5, 0.6) is 5.75 Å². The van der Waals surface area contributed by atoms with Gasteiger partial charge in [0.25, 0.3) is 5.91 Å². The molecule has 1 rings (SSSR count). The van der Waals surface area contributed by atoms with Gasteiger partial charge in [0.15, 0.2) is 5.11 Å². The molecule has 116 valence electrons. The van der Waals surface area contributed by atoms with E-state index < -0.39 is 0 Å². The summed E-state index contributed by atoms with van der Waals surface area (Å²) >= 11 is 5.08. The Morgan fingerprint density at radius 1 is 1.38 bits per heavy atom. The average molecular weight is 310 g/mol. The number of rotatable bonds is 7. The molecular formula is C15H22N2O3S. The standard InChI is InChI=1S/C15H22N2O3S/c1-11(2)20-9-5-8-16-15(21)17-14(18)12-6-4-7-13(10-12)19-3/h4,6-7,10-11H,5,8-9H2,1-3H3,(H2,16,17,18,21). The molecule has 0 atom stereocenters. The van der Waals surface area contributed by atoms with Crippen molar-refractivity contribution < 1.29 is 14.3 Å². The molecule has 0 spiro atoms. The van der Waals surface area contributed by atoms with Crippen LogP contribution in [-0.2, 0) is 4.74 Å². The summed E-state index contributed by atoms with van der Waals surface area (Å²) < 4.78 is 10.5. The van der Waals surface area contributed by atoms with Crippen LogP contribution in [0.2, 0.25) is 0 Å². The van der Waals surface area contributed by atoms with Crippen LogP contribution < -0.4 is 15.4 Å². The summed E-state index contributed by atoms with van der Waals surface area (Å²) in [6, 6.07) is 6.90. The molecule has 0 aliphatic carbocycles. The average Bonchev–Trinajstić information content (AvgIpc) is 2.46. The fourth-order valence-electron chi connectivity index (χ4n) is 1.58. The van der Waals surface area contributed by atoms with Crippen molar-refractivity contribution in [1.82, 2.24) is 10.6 Å². The first-order chi connectivity index (χ1) is 10.0. The van der Waals surface area contributed by atoms with E-state index in [0.29, 0.717) is 29.6 Å². The Hall–Kier alpha value is -1.66. The van der Waals surface area contributed by atoms with E-state index in [0.717, 1.165) is 6.42 Å². The third-order valence-electron chi connectivity index (χ3n) is 2.62. The summed E-state index contributed by atoms with van der Waals surface area (Å²) in [5.41, 5.74) is 0.502.